The maximum absolute atomic E-state index is 12.0. The van der Waals surface area contributed by atoms with Crippen molar-refractivity contribution in [3.05, 3.63) is 30.3 Å². The van der Waals surface area contributed by atoms with E-state index in [1.165, 1.54) is 0 Å². The van der Waals surface area contributed by atoms with Crippen molar-refractivity contribution in [2.45, 2.75) is 26.3 Å². The highest BCUT2D eigenvalue weighted by molar-refractivity contribution is 5.78. The number of quaternary nitrogens is 1. The Labute approximate surface area is 132 Å². The highest BCUT2D eigenvalue weighted by Gasteiger charge is 2.30. The number of para-hydroxylation sites is 1. The van der Waals surface area contributed by atoms with Crippen molar-refractivity contribution in [3.8, 4) is 11.8 Å². The van der Waals surface area contributed by atoms with E-state index < -0.39 is 5.54 Å². The third-order valence-electron chi connectivity index (χ3n) is 3.79. The second kappa shape index (κ2) is 8.40. The predicted octanol–water partition coefficient (Wildman–Crippen LogP) is 0.635. The minimum absolute atomic E-state index is 0.0585. The number of rotatable bonds is 8. The fraction of sp³-hybridized carbons (Fsp3) is 0.529. The van der Waals surface area contributed by atoms with E-state index >= 15 is 0 Å². The number of hydrogen-bond acceptors (Lipinski definition) is 3. The zero-order valence-electron chi connectivity index (χ0n) is 13.8. The molecule has 0 aliphatic carbocycles. The summed E-state index contributed by atoms with van der Waals surface area (Å²) in [5.74, 6) is 0.773. The molecule has 22 heavy (non-hydrogen) atoms. The van der Waals surface area contributed by atoms with E-state index in [0.29, 0.717) is 19.7 Å². The lowest BCUT2D eigenvalue weighted by Crippen LogP contribution is -3.11. The first-order valence-electron chi connectivity index (χ1n) is 7.59. The van der Waals surface area contributed by atoms with Gasteiger partial charge in [0.05, 0.1) is 13.1 Å². The maximum Gasteiger partial charge on any atom is 0.276 e. The van der Waals surface area contributed by atoms with Gasteiger partial charge in [-0.25, -0.2) is 0 Å². The molecule has 0 saturated heterocycles. The van der Waals surface area contributed by atoms with Gasteiger partial charge in [0.25, 0.3) is 5.91 Å². The van der Waals surface area contributed by atoms with Crippen LogP contribution in [0.1, 0.15) is 20.8 Å². The van der Waals surface area contributed by atoms with Crippen LogP contribution in [0.25, 0.3) is 0 Å². The number of benzene rings is 1. The molecule has 0 spiro atoms. The van der Waals surface area contributed by atoms with Gasteiger partial charge >= 0.3 is 0 Å². The summed E-state index contributed by atoms with van der Waals surface area (Å²) in [4.78, 5) is 13.1. The van der Waals surface area contributed by atoms with Gasteiger partial charge in [-0.15, -0.1) is 0 Å². The molecular formula is C17H26N3O2+. The molecule has 0 aromatic heterocycles. The zero-order chi connectivity index (χ0) is 16.6. The zero-order valence-corrected chi connectivity index (χ0v) is 13.8. The van der Waals surface area contributed by atoms with E-state index in [2.05, 4.69) is 11.4 Å². The number of carbonyl (C=O) groups is 1. The molecule has 1 unspecified atom stereocenters. The van der Waals surface area contributed by atoms with Crippen LogP contribution in [0.2, 0.25) is 0 Å². The number of amides is 1. The largest absolute Gasteiger partial charge is 0.488 e. The van der Waals surface area contributed by atoms with E-state index in [0.717, 1.165) is 10.6 Å². The topological polar surface area (TPSA) is 66.6 Å². The van der Waals surface area contributed by atoms with Crippen molar-refractivity contribution in [1.82, 2.24) is 5.32 Å². The molecule has 2 N–H and O–H groups in total. The summed E-state index contributed by atoms with van der Waals surface area (Å²) in [6, 6.07) is 11.8. The fourth-order valence-electron chi connectivity index (χ4n) is 1.86. The number of ether oxygens (including phenoxy) is 1. The average molecular weight is 304 g/mol. The summed E-state index contributed by atoms with van der Waals surface area (Å²) in [6.45, 7) is 7.18. The third-order valence-corrected chi connectivity index (χ3v) is 3.79. The summed E-state index contributed by atoms with van der Waals surface area (Å²) in [5, 5.41) is 12.0. The molecule has 0 aliphatic rings. The third kappa shape index (κ3) is 5.74. The monoisotopic (exact) mass is 304 g/mol. The Balaban J connectivity index is 2.34. The van der Waals surface area contributed by atoms with Crippen molar-refractivity contribution in [1.29, 1.82) is 5.26 Å². The summed E-state index contributed by atoms with van der Waals surface area (Å²) in [5.41, 5.74) is -0.822. The Hall–Kier alpha value is -2.06. The summed E-state index contributed by atoms with van der Waals surface area (Å²) >= 11 is 0. The van der Waals surface area contributed by atoms with E-state index in [4.69, 9.17) is 4.74 Å². The summed E-state index contributed by atoms with van der Waals surface area (Å²) in [7, 11) is 1.94. The molecule has 0 aliphatic heterocycles. The molecule has 2 atom stereocenters. The van der Waals surface area contributed by atoms with Gasteiger partial charge in [0.1, 0.15) is 24.4 Å². The van der Waals surface area contributed by atoms with Crippen LogP contribution < -0.4 is 15.0 Å². The highest BCUT2D eigenvalue weighted by atomic mass is 16.5. The quantitative estimate of drug-likeness (QED) is 0.740. The van der Waals surface area contributed by atoms with Crippen LogP contribution in [0, 0.1) is 17.2 Å². The Bertz CT molecular complexity index is 510. The van der Waals surface area contributed by atoms with Crippen LogP contribution in [0.15, 0.2) is 30.3 Å². The molecule has 0 radical (unpaired) electrons. The molecule has 0 fully saturated rings. The number of hydrogen-bond donors (Lipinski definition) is 2. The molecule has 1 aromatic carbocycles. The molecule has 120 valence electrons. The summed E-state index contributed by atoms with van der Waals surface area (Å²) < 4.78 is 5.61. The first-order valence-corrected chi connectivity index (χ1v) is 7.59. The van der Waals surface area contributed by atoms with Crippen molar-refractivity contribution < 1.29 is 14.4 Å². The average Bonchev–Trinajstić information content (AvgIpc) is 2.47. The number of carbonyl (C=O) groups excluding carboxylic acids is 1. The van der Waals surface area contributed by atoms with Crippen molar-refractivity contribution in [2.75, 3.05) is 26.7 Å². The molecule has 1 amide bonds. The molecule has 1 rings (SSSR count). The fourth-order valence-corrected chi connectivity index (χ4v) is 1.86. The summed E-state index contributed by atoms with van der Waals surface area (Å²) in [6.07, 6.45) is 0. The first kappa shape index (κ1) is 18.0. The van der Waals surface area contributed by atoms with E-state index in [9.17, 15) is 10.1 Å². The molecular weight excluding hydrogens is 278 g/mol. The van der Waals surface area contributed by atoms with Gasteiger partial charge in [0.2, 0.25) is 0 Å². The van der Waals surface area contributed by atoms with Gasteiger partial charge in [-0.1, -0.05) is 32.0 Å². The molecule has 0 saturated carbocycles. The SMILES string of the molecule is CC(C)[C@](C)(C#N)NC(=O)C[NH+](C)CCOc1ccccc1. The van der Waals surface area contributed by atoms with E-state index in [1.807, 2.05) is 51.2 Å². The number of nitriles is 1. The first-order chi connectivity index (χ1) is 10.4. The molecule has 0 heterocycles. The Kier molecular flexibility index (Phi) is 6.87. The minimum Gasteiger partial charge on any atom is -0.488 e. The lowest BCUT2D eigenvalue weighted by Gasteiger charge is -2.27. The normalized spacial score (nSPS) is 14.7. The Morgan fingerprint density at radius 1 is 1.41 bits per heavy atom. The van der Waals surface area contributed by atoms with Crippen LogP contribution in [-0.4, -0.2) is 38.2 Å². The smallest absolute Gasteiger partial charge is 0.276 e. The minimum atomic E-state index is -0.822. The van der Waals surface area contributed by atoms with Gasteiger partial charge in [0, 0.05) is 0 Å². The number of nitrogens with one attached hydrogen (secondary N) is 2. The van der Waals surface area contributed by atoms with Crippen LogP contribution >= 0.6 is 0 Å². The van der Waals surface area contributed by atoms with Crippen molar-refractivity contribution >= 4 is 5.91 Å². The molecule has 5 heteroatoms. The standard InChI is InChI=1S/C17H25N3O2/c1-14(2)17(3,13-18)19-16(21)12-20(4)10-11-22-15-8-6-5-7-9-15/h5-9,14H,10-12H2,1-4H3,(H,19,21)/p+1/t17-/m0/s1. The number of nitrogens with zero attached hydrogens (tertiary/aromatic N) is 1. The van der Waals surface area contributed by atoms with Gasteiger partial charge in [-0.3, -0.25) is 4.79 Å². The molecule has 1 aromatic rings. The number of likely N-dealkylation sites (N-methyl/N-ethyl adjacent to an activating group) is 1. The lowest BCUT2D eigenvalue weighted by molar-refractivity contribution is -0.871. The lowest BCUT2D eigenvalue weighted by atomic mass is 9.90. The molecule has 5 nitrogen and oxygen atoms in total. The highest BCUT2D eigenvalue weighted by Crippen LogP contribution is 2.14. The second-order valence-electron chi connectivity index (χ2n) is 6.06. The molecule has 0 bridgehead atoms. The van der Waals surface area contributed by atoms with Gasteiger partial charge in [0.15, 0.2) is 6.54 Å². The van der Waals surface area contributed by atoms with Crippen molar-refractivity contribution in [3.63, 3.8) is 0 Å². The van der Waals surface area contributed by atoms with Crippen LogP contribution in [0.5, 0.6) is 5.75 Å². The van der Waals surface area contributed by atoms with Gasteiger partial charge < -0.3 is 15.0 Å². The van der Waals surface area contributed by atoms with Crippen LogP contribution in [0.4, 0.5) is 0 Å². The van der Waals surface area contributed by atoms with E-state index in [-0.39, 0.29) is 11.8 Å². The van der Waals surface area contributed by atoms with E-state index in [1.54, 1.807) is 6.92 Å². The van der Waals surface area contributed by atoms with Crippen molar-refractivity contribution in [2.24, 2.45) is 5.92 Å². The Morgan fingerprint density at radius 3 is 2.59 bits per heavy atom. The predicted molar refractivity (Wildman–Crippen MR) is 85.6 cm³/mol. The maximum atomic E-state index is 12.0. The second-order valence-corrected chi connectivity index (χ2v) is 6.06. The van der Waals surface area contributed by atoms with Gasteiger partial charge in [-0.2, -0.15) is 5.26 Å². The van der Waals surface area contributed by atoms with Crippen LogP contribution in [0.3, 0.4) is 0 Å². The Morgan fingerprint density at radius 2 is 2.05 bits per heavy atom. The van der Waals surface area contributed by atoms with Gasteiger partial charge in [-0.05, 0) is 25.0 Å². The van der Waals surface area contributed by atoms with Crippen LogP contribution in [-0.2, 0) is 4.79 Å².